The Balaban J connectivity index is 2.93. The van der Waals surface area contributed by atoms with Crippen LogP contribution in [0.25, 0.3) is 0 Å². The van der Waals surface area contributed by atoms with E-state index in [2.05, 4.69) is 5.32 Å². The van der Waals surface area contributed by atoms with E-state index in [1.54, 1.807) is 6.26 Å². The van der Waals surface area contributed by atoms with Crippen LogP contribution in [0.5, 0.6) is 0 Å². The molecule has 54 valence electrons. The van der Waals surface area contributed by atoms with Gasteiger partial charge in [0.1, 0.15) is 0 Å². The van der Waals surface area contributed by atoms with Gasteiger partial charge < -0.3 is 4.42 Å². The SMILES string of the molecule is Cc1coc(NC=O)c1C. The Hall–Kier alpha value is -1.25. The Kier molecular flexibility index (Phi) is 1.76. The summed E-state index contributed by atoms with van der Waals surface area (Å²) in [4.78, 5) is 9.96. The molecule has 0 aliphatic rings. The van der Waals surface area contributed by atoms with Crippen molar-refractivity contribution in [1.82, 2.24) is 0 Å². The summed E-state index contributed by atoms with van der Waals surface area (Å²) in [5.41, 5.74) is 2.02. The summed E-state index contributed by atoms with van der Waals surface area (Å²) in [7, 11) is 0. The van der Waals surface area contributed by atoms with E-state index in [4.69, 9.17) is 4.42 Å². The van der Waals surface area contributed by atoms with Gasteiger partial charge in [0.2, 0.25) is 12.3 Å². The molecule has 0 saturated carbocycles. The van der Waals surface area contributed by atoms with Crippen LogP contribution in [0.1, 0.15) is 11.1 Å². The van der Waals surface area contributed by atoms with Gasteiger partial charge in [0.15, 0.2) is 0 Å². The monoisotopic (exact) mass is 139 g/mol. The molecule has 0 spiro atoms. The third kappa shape index (κ3) is 1.03. The first kappa shape index (κ1) is 6.86. The molecular formula is C7H9NO2. The van der Waals surface area contributed by atoms with E-state index in [0.29, 0.717) is 12.3 Å². The van der Waals surface area contributed by atoms with Crippen LogP contribution in [0.3, 0.4) is 0 Å². The van der Waals surface area contributed by atoms with Gasteiger partial charge in [-0.05, 0) is 19.4 Å². The number of aryl methyl sites for hydroxylation is 1. The van der Waals surface area contributed by atoms with E-state index in [0.717, 1.165) is 11.1 Å². The van der Waals surface area contributed by atoms with Crippen LogP contribution in [-0.4, -0.2) is 6.41 Å². The Morgan fingerprint density at radius 2 is 2.30 bits per heavy atom. The summed E-state index contributed by atoms with van der Waals surface area (Å²) in [6, 6.07) is 0. The predicted molar refractivity (Wildman–Crippen MR) is 37.9 cm³/mol. The summed E-state index contributed by atoms with van der Waals surface area (Å²) in [5.74, 6) is 0.535. The number of nitrogens with one attached hydrogen (secondary N) is 1. The molecule has 1 aromatic heterocycles. The van der Waals surface area contributed by atoms with Crippen molar-refractivity contribution in [1.29, 1.82) is 0 Å². The topological polar surface area (TPSA) is 42.2 Å². The van der Waals surface area contributed by atoms with Crippen LogP contribution in [0, 0.1) is 13.8 Å². The number of anilines is 1. The zero-order chi connectivity index (χ0) is 7.56. The third-order valence-electron chi connectivity index (χ3n) is 1.48. The molecule has 1 N–H and O–H groups in total. The van der Waals surface area contributed by atoms with Gasteiger partial charge in [-0.2, -0.15) is 0 Å². The molecular weight excluding hydrogens is 130 g/mol. The maximum absolute atomic E-state index is 9.96. The lowest BCUT2D eigenvalue weighted by molar-refractivity contribution is -0.105. The fourth-order valence-electron chi connectivity index (χ4n) is 0.699. The molecule has 1 amide bonds. The molecule has 1 rings (SSSR count). The first-order valence-electron chi connectivity index (χ1n) is 3.00. The number of hydrogen-bond donors (Lipinski definition) is 1. The Bertz CT molecular complexity index is 240. The lowest BCUT2D eigenvalue weighted by Gasteiger charge is -1.92. The van der Waals surface area contributed by atoms with Gasteiger partial charge >= 0.3 is 0 Å². The first-order chi connectivity index (χ1) is 4.75. The molecule has 0 aliphatic heterocycles. The van der Waals surface area contributed by atoms with Crippen molar-refractivity contribution in [3.05, 3.63) is 17.4 Å². The Morgan fingerprint density at radius 3 is 2.70 bits per heavy atom. The number of amides is 1. The molecule has 0 radical (unpaired) electrons. The molecule has 0 aromatic carbocycles. The molecule has 1 aromatic rings. The van der Waals surface area contributed by atoms with E-state index in [1.807, 2.05) is 13.8 Å². The van der Waals surface area contributed by atoms with Gasteiger partial charge in [0.25, 0.3) is 0 Å². The molecule has 0 unspecified atom stereocenters. The van der Waals surface area contributed by atoms with Crippen LogP contribution in [0.15, 0.2) is 10.7 Å². The number of furan rings is 1. The second-order valence-electron chi connectivity index (χ2n) is 2.14. The largest absolute Gasteiger partial charge is 0.448 e. The number of hydrogen-bond acceptors (Lipinski definition) is 2. The smallest absolute Gasteiger partial charge is 0.213 e. The molecule has 10 heavy (non-hydrogen) atoms. The fourth-order valence-corrected chi connectivity index (χ4v) is 0.699. The number of carbonyl (C=O) groups is 1. The highest BCUT2D eigenvalue weighted by Crippen LogP contribution is 2.18. The zero-order valence-corrected chi connectivity index (χ0v) is 5.97. The maximum atomic E-state index is 9.96. The second-order valence-corrected chi connectivity index (χ2v) is 2.14. The normalized spacial score (nSPS) is 9.40. The van der Waals surface area contributed by atoms with E-state index < -0.39 is 0 Å². The van der Waals surface area contributed by atoms with E-state index in [9.17, 15) is 4.79 Å². The maximum Gasteiger partial charge on any atom is 0.213 e. The summed E-state index contributed by atoms with van der Waals surface area (Å²) in [6.07, 6.45) is 2.21. The number of rotatable bonds is 2. The van der Waals surface area contributed by atoms with Gasteiger partial charge in [0.05, 0.1) is 6.26 Å². The van der Waals surface area contributed by atoms with Gasteiger partial charge in [-0.3, -0.25) is 10.1 Å². The van der Waals surface area contributed by atoms with Crippen molar-refractivity contribution in [2.24, 2.45) is 0 Å². The van der Waals surface area contributed by atoms with Crippen molar-refractivity contribution in [2.75, 3.05) is 5.32 Å². The minimum atomic E-state index is 0.535. The quantitative estimate of drug-likeness (QED) is 0.630. The minimum absolute atomic E-state index is 0.535. The highest BCUT2D eigenvalue weighted by Gasteiger charge is 2.02. The Morgan fingerprint density at radius 1 is 1.60 bits per heavy atom. The van der Waals surface area contributed by atoms with Crippen molar-refractivity contribution in [3.8, 4) is 0 Å². The van der Waals surface area contributed by atoms with E-state index in [-0.39, 0.29) is 0 Å². The second kappa shape index (κ2) is 2.56. The highest BCUT2D eigenvalue weighted by molar-refractivity contribution is 5.70. The number of carbonyl (C=O) groups excluding carboxylic acids is 1. The van der Waals surface area contributed by atoms with E-state index >= 15 is 0 Å². The molecule has 0 saturated heterocycles. The molecule has 0 fully saturated rings. The van der Waals surface area contributed by atoms with E-state index in [1.165, 1.54) is 0 Å². The van der Waals surface area contributed by atoms with Crippen molar-refractivity contribution in [2.45, 2.75) is 13.8 Å². The van der Waals surface area contributed by atoms with Crippen LogP contribution in [0.4, 0.5) is 5.88 Å². The predicted octanol–water partition coefficient (Wildman–Crippen LogP) is 1.46. The summed E-state index contributed by atoms with van der Waals surface area (Å²) in [6.45, 7) is 3.82. The molecule has 3 heteroatoms. The summed E-state index contributed by atoms with van der Waals surface area (Å²) >= 11 is 0. The first-order valence-corrected chi connectivity index (χ1v) is 3.00. The van der Waals surface area contributed by atoms with Gasteiger partial charge in [0, 0.05) is 5.56 Å². The zero-order valence-electron chi connectivity index (χ0n) is 5.97. The highest BCUT2D eigenvalue weighted by atomic mass is 16.3. The average molecular weight is 139 g/mol. The Labute approximate surface area is 59.0 Å². The van der Waals surface area contributed by atoms with Crippen molar-refractivity contribution >= 4 is 12.3 Å². The molecule has 0 aliphatic carbocycles. The molecule has 1 heterocycles. The van der Waals surface area contributed by atoms with Crippen LogP contribution in [0.2, 0.25) is 0 Å². The summed E-state index contributed by atoms with van der Waals surface area (Å²) in [5, 5.41) is 2.45. The van der Waals surface area contributed by atoms with Crippen molar-refractivity contribution < 1.29 is 9.21 Å². The molecule has 0 bridgehead atoms. The lowest BCUT2D eigenvalue weighted by atomic mass is 10.2. The van der Waals surface area contributed by atoms with Gasteiger partial charge in [-0.1, -0.05) is 0 Å². The fraction of sp³-hybridized carbons (Fsp3) is 0.286. The van der Waals surface area contributed by atoms with Crippen LogP contribution in [-0.2, 0) is 4.79 Å². The third-order valence-corrected chi connectivity index (χ3v) is 1.48. The molecule has 3 nitrogen and oxygen atoms in total. The lowest BCUT2D eigenvalue weighted by Crippen LogP contribution is -1.93. The average Bonchev–Trinajstić information content (AvgIpc) is 2.20. The summed E-state index contributed by atoms with van der Waals surface area (Å²) < 4.78 is 4.99. The minimum Gasteiger partial charge on any atom is -0.448 e. The standard InChI is InChI=1S/C7H9NO2/c1-5-3-10-7(6(5)2)8-4-9/h3-4H,1-2H3,(H,8,9). The van der Waals surface area contributed by atoms with Gasteiger partial charge in [-0.25, -0.2) is 0 Å². The van der Waals surface area contributed by atoms with Gasteiger partial charge in [-0.15, -0.1) is 0 Å². The van der Waals surface area contributed by atoms with Crippen LogP contribution < -0.4 is 5.32 Å². The van der Waals surface area contributed by atoms with Crippen LogP contribution >= 0.6 is 0 Å². The molecule has 0 atom stereocenters. The van der Waals surface area contributed by atoms with Crippen molar-refractivity contribution in [3.63, 3.8) is 0 Å².